The lowest BCUT2D eigenvalue weighted by atomic mass is 10.4. The Balaban J connectivity index is 0. The van der Waals surface area contributed by atoms with Crippen molar-refractivity contribution in [3.05, 3.63) is 0 Å². The summed E-state index contributed by atoms with van der Waals surface area (Å²) in [5.41, 5.74) is 4.64. The number of halogens is 2. The first-order valence-electron chi connectivity index (χ1n) is 2.10. The molecular weight excluding hydrogens is 132 g/mol. The molecule has 3 nitrogen and oxygen atoms in total. The van der Waals surface area contributed by atoms with Gasteiger partial charge in [-0.25, -0.2) is 4.39 Å². The molecule has 0 aliphatic rings. The molecule has 0 rings (SSSR count). The van der Waals surface area contributed by atoms with Gasteiger partial charge in [0, 0.05) is 0 Å². The molecule has 5 heteroatoms. The van der Waals surface area contributed by atoms with Crippen LogP contribution >= 0.6 is 0 Å². The van der Waals surface area contributed by atoms with Crippen LogP contribution in [-0.4, -0.2) is 31.0 Å². The Labute approximate surface area is 51.5 Å². The van der Waals surface area contributed by atoms with Gasteiger partial charge in [0.2, 0.25) is 0 Å². The number of carbonyl (C=O) groups is 1. The number of hydrogen-bond acceptors (Lipinski definition) is 2. The van der Waals surface area contributed by atoms with Crippen LogP contribution in [0.2, 0.25) is 0 Å². The molecular formula is C4H9F2NO2. The number of rotatable bonds is 2. The quantitative estimate of drug-likeness (QED) is 0.566. The molecule has 0 heterocycles. The van der Waals surface area contributed by atoms with Crippen LogP contribution in [0, 0.1) is 0 Å². The first kappa shape index (κ1) is 11.1. The predicted octanol–water partition coefficient (Wildman–Crippen LogP) is -0.0465. The minimum atomic E-state index is -1.35. The Hall–Kier alpha value is -0.710. The van der Waals surface area contributed by atoms with E-state index in [-0.39, 0.29) is 0 Å². The second-order valence-electron chi connectivity index (χ2n) is 1.10. The highest BCUT2D eigenvalue weighted by atomic mass is 19.1. The maximum atomic E-state index is 11.1. The van der Waals surface area contributed by atoms with Gasteiger partial charge in [0.05, 0.1) is 7.18 Å². The molecule has 0 aromatic rings. The van der Waals surface area contributed by atoms with Gasteiger partial charge < -0.3 is 10.8 Å². The zero-order valence-corrected chi connectivity index (χ0v) is 4.97. The first-order valence-corrected chi connectivity index (χ1v) is 2.10. The monoisotopic (exact) mass is 141 g/mol. The van der Waals surface area contributed by atoms with Gasteiger partial charge >= 0.3 is 5.97 Å². The molecule has 0 radical (unpaired) electrons. The minimum absolute atomic E-state index is 0.500. The van der Waals surface area contributed by atoms with Gasteiger partial charge in [-0.05, 0) is 0 Å². The second kappa shape index (κ2) is 7.29. The lowest BCUT2D eigenvalue weighted by Gasteiger charge is -1.94. The molecule has 3 N–H and O–H groups in total. The van der Waals surface area contributed by atoms with E-state index in [1.165, 1.54) is 0 Å². The Morgan fingerprint density at radius 2 is 2.11 bits per heavy atom. The number of alkyl halides is 2. The number of nitrogens with two attached hydrogens (primary N) is 1. The van der Waals surface area contributed by atoms with Gasteiger partial charge in [-0.1, -0.05) is 0 Å². The highest BCUT2D eigenvalue weighted by Gasteiger charge is 2.08. The molecule has 1 atom stereocenters. The fraction of sp³-hybridized carbons (Fsp3) is 0.750. The Bertz CT molecular complexity index is 79.0. The lowest BCUT2D eigenvalue weighted by Crippen LogP contribution is -2.31. The third-order valence-corrected chi connectivity index (χ3v) is 0.483. The van der Waals surface area contributed by atoms with Gasteiger partial charge in [0.25, 0.3) is 0 Å². The van der Waals surface area contributed by atoms with Crippen LogP contribution in [0.5, 0.6) is 0 Å². The SMILES string of the molecule is CF.NC(CF)C(=O)O. The van der Waals surface area contributed by atoms with E-state index in [2.05, 4.69) is 5.73 Å². The van der Waals surface area contributed by atoms with E-state index < -0.39 is 18.7 Å². The normalized spacial score (nSPS) is 11.1. The summed E-state index contributed by atoms with van der Waals surface area (Å²) < 4.78 is 20.6. The molecule has 0 amide bonds. The molecule has 56 valence electrons. The van der Waals surface area contributed by atoms with Crippen molar-refractivity contribution in [1.29, 1.82) is 0 Å². The molecule has 0 fully saturated rings. The third kappa shape index (κ3) is 7.29. The van der Waals surface area contributed by atoms with Crippen molar-refractivity contribution in [3.8, 4) is 0 Å². The van der Waals surface area contributed by atoms with Crippen LogP contribution in [0.3, 0.4) is 0 Å². The van der Waals surface area contributed by atoms with E-state index in [0.29, 0.717) is 7.18 Å². The summed E-state index contributed by atoms with van der Waals surface area (Å²) in [5, 5.41) is 7.82. The van der Waals surface area contributed by atoms with Gasteiger partial charge in [-0.2, -0.15) is 0 Å². The summed E-state index contributed by atoms with van der Waals surface area (Å²) in [6.07, 6.45) is 0. The Morgan fingerprint density at radius 3 is 2.11 bits per heavy atom. The van der Waals surface area contributed by atoms with Crippen LogP contribution in [-0.2, 0) is 4.79 Å². The van der Waals surface area contributed by atoms with Gasteiger partial charge in [-0.3, -0.25) is 9.18 Å². The van der Waals surface area contributed by atoms with E-state index in [0.717, 1.165) is 0 Å². The van der Waals surface area contributed by atoms with Crippen molar-refractivity contribution in [2.75, 3.05) is 13.9 Å². The smallest absolute Gasteiger partial charge is 0.323 e. The van der Waals surface area contributed by atoms with Crippen molar-refractivity contribution in [3.63, 3.8) is 0 Å². The van der Waals surface area contributed by atoms with Gasteiger partial charge in [0.15, 0.2) is 0 Å². The standard InChI is InChI=1S/C3H6FNO2.CH3F/c4-1-2(5)3(6)7;1-2/h2H,1,5H2,(H,6,7);1H3. The zero-order valence-electron chi connectivity index (χ0n) is 4.97. The highest BCUT2D eigenvalue weighted by molar-refractivity contribution is 5.73. The number of carboxylic acids is 1. The van der Waals surface area contributed by atoms with Crippen molar-refractivity contribution in [1.82, 2.24) is 0 Å². The number of aliphatic carboxylic acids is 1. The predicted molar refractivity (Wildman–Crippen MR) is 28.6 cm³/mol. The van der Waals surface area contributed by atoms with Gasteiger partial charge in [0.1, 0.15) is 12.7 Å². The summed E-state index contributed by atoms with van der Waals surface area (Å²) in [4.78, 5) is 9.57. The summed E-state index contributed by atoms with van der Waals surface area (Å²) in [7, 11) is 0.500. The van der Waals surface area contributed by atoms with Crippen LogP contribution in [0.1, 0.15) is 0 Å². The molecule has 0 saturated carbocycles. The van der Waals surface area contributed by atoms with Crippen molar-refractivity contribution in [2.24, 2.45) is 5.73 Å². The minimum Gasteiger partial charge on any atom is -0.480 e. The molecule has 0 aliphatic heterocycles. The topological polar surface area (TPSA) is 63.3 Å². The van der Waals surface area contributed by atoms with Crippen LogP contribution in [0.15, 0.2) is 0 Å². The summed E-state index contributed by atoms with van der Waals surface area (Å²) >= 11 is 0. The van der Waals surface area contributed by atoms with Crippen molar-refractivity contribution < 1.29 is 18.7 Å². The second-order valence-corrected chi connectivity index (χ2v) is 1.10. The molecule has 9 heavy (non-hydrogen) atoms. The van der Waals surface area contributed by atoms with Crippen molar-refractivity contribution >= 4 is 5.97 Å². The lowest BCUT2D eigenvalue weighted by molar-refractivity contribution is -0.138. The summed E-state index contributed by atoms with van der Waals surface area (Å²) in [6, 6.07) is -1.35. The third-order valence-electron chi connectivity index (χ3n) is 0.483. The maximum Gasteiger partial charge on any atom is 0.323 e. The molecule has 0 aliphatic carbocycles. The zero-order chi connectivity index (χ0) is 7.86. The number of hydrogen-bond donors (Lipinski definition) is 2. The Morgan fingerprint density at radius 1 is 1.78 bits per heavy atom. The molecule has 0 saturated heterocycles. The van der Waals surface area contributed by atoms with Crippen molar-refractivity contribution in [2.45, 2.75) is 6.04 Å². The number of carboxylic acid groups (broad SMARTS) is 1. The maximum absolute atomic E-state index is 11.1. The van der Waals surface area contributed by atoms with Crippen LogP contribution in [0.4, 0.5) is 8.78 Å². The van der Waals surface area contributed by atoms with E-state index >= 15 is 0 Å². The summed E-state index contributed by atoms with van der Waals surface area (Å²) in [6.45, 7) is -1.00. The van der Waals surface area contributed by atoms with E-state index in [1.807, 2.05) is 0 Å². The molecule has 0 spiro atoms. The average molecular weight is 141 g/mol. The molecule has 1 unspecified atom stereocenters. The van der Waals surface area contributed by atoms with Gasteiger partial charge in [-0.15, -0.1) is 0 Å². The highest BCUT2D eigenvalue weighted by Crippen LogP contribution is 1.76. The van der Waals surface area contributed by atoms with Crippen LogP contribution in [0.25, 0.3) is 0 Å². The average Bonchev–Trinajstić information content (AvgIpc) is 1.91. The summed E-state index contributed by atoms with van der Waals surface area (Å²) in [5.74, 6) is -1.30. The van der Waals surface area contributed by atoms with Crippen LogP contribution < -0.4 is 5.73 Å². The largest absolute Gasteiger partial charge is 0.480 e. The fourth-order valence-electron chi connectivity index (χ4n) is 0.0660. The molecule has 0 aromatic carbocycles. The van der Waals surface area contributed by atoms with E-state index in [4.69, 9.17) is 5.11 Å². The van der Waals surface area contributed by atoms with E-state index in [1.54, 1.807) is 0 Å². The molecule has 0 aromatic heterocycles. The van der Waals surface area contributed by atoms with E-state index in [9.17, 15) is 13.6 Å². The first-order chi connectivity index (χ1) is 4.18. The Kier molecular flexibility index (Phi) is 9.02. The molecule has 0 bridgehead atoms. The fourth-order valence-corrected chi connectivity index (χ4v) is 0.0660.